The molecule has 0 atom stereocenters. The smallest absolute Gasteiger partial charge is 0.255 e. The molecular formula is C28H24N4O2. The lowest BCUT2D eigenvalue weighted by molar-refractivity contribution is 0.0955. The SMILES string of the molecule is Nc1[nH]c(C(=O)c2ccccc2)c(-c2ccccc2)c1C(=O)NCCc1c[nH]c2ccccc12. The number of nitrogens with one attached hydrogen (secondary N) is 3. The number of hydrogen-bond donors (Lipinski definition) is 4. The monoisotopic (exact) mass is 448 g/mol. The summed E-state index contributed by atoms with van der Waals surface area (Å²) >= 11 is 0. The molecule has 0 aliphatic heterocycles. The first-order valence-electron chi connectivity index (χ1n) is 11.1. The maximum absolute atomic E-state index is 13.3. The molecular weight excluding hydrogens is 424 g/mol. The average Bonchev–Trinajstić information content (AvgIpc) is 3.45. The Hall–Kier alpha value is -4.58. The number of carbonyl (C=O) groups excluding carboxylic acids is 2. The molecule has 0 aliphatic carbocycles. The van der Waals surface area contributed by atoms with Crippen molar-refractivity contribution in [3.05, 3.63) is 114 Å². The highest BCUT2D eigenvalue weighted by molar-refractivity contribution is 6.17. The third-order valence-corrected chi connectivity index (χ3v) is 5.94. The number of fused-ring (bicyclic) bond motifs is 1. The molecule has 0 fully saturated rings. The predicted octanol–water partition coefficient (Wildman–Crippen LogP) is 4.95. The topological polar surface area (TPSA) is 104 Å². The third-order valence-electron chi connectivity index (χ3n) is 5.94. The molecule has 6 nitrogen and oxygen atoms in total. The highest BCUT2D eigenvalue weighted by atomic mass is 16.1. The van der Waals surface area contributed by atoms with Crippen LogP contribution >= 0.6 is 0 Å². The summed E-state index contributed by atoms with van der Waals surface area (Å²) in [6.45, 7) is 0.432. The highest BCUT2D eigenvalue weighted by Crippen LogP contribution is 2.33. The fourth-order valence-electron chi connectivity index (χ4n) is 4.29. The van der Waals surface area contributed by atoms with Gasteiger partial charge in [0, 0.05) is 34.8 Å². The van der Waals surface area contributed by atoms with E-state index in [9.17, 15) is 9.59 Å². The van der Waals surface area contributed by atoms with E-state index in [2.05, 4.69) is 21.4 Å². The first kappa shape index (κ1) is 21.3. The van der Waals surface area contributed by atoms with Crippen LogP contribution < -0.4 is 11.1 Å². The van der Waals surface area contributed by atoms with E-state index in [-0.39, 0.29) is 23.1 Å². The number of carbonyl (C=O) groups is 2. The van der Waals surface area contributed by atoms with Crippen molar-refractivity contribution in [3.63, 3.8) is 0 Å². The lowest BCUT2D eigenvalue weighted by Crippen LogP contribution is -2.26. The van der Waals surface area contributed by atoms with Crippen molar-refractivity contribution in [1.29, 1.82) is 0 Å². The van der Waals surface area contributed by atoms with Crippen LogP contribution in [0, 0.1) is 0 Å². The zero-order valence-electron chi connectivity index (χ0n) is 18.5. The molecule has 5 aromatic rings. The van der Waals surface area contributed by atoms with E-state index in [1.165, 1.54) is 0 Å². The lowest BCUT2D eigenvalue weighted by Gasteiger charge is -2.09. The summed E-state index contributed by atoms with van der Waals surface area (Å²) in [5, 5.41) is 4.12. The molecule has 2 heterocycles. The minimum Gasteiger partial charge on any atom is -0.385 e. The molecule has 0 spiro atoms. The van der Waals surface area contributed by atoms with Gasteiger partial charge in [-0.3, -0.25) is 9.59 Å². The molecule has 0 aliphatic rings. The Kier molecular flexibility index (Phi) is 5.70. The van der Waals surface area contributed by atoms with Gasteiger partial charge in [-0.1, -0.05) is 78.9 Å². The lowest BCUT2D eigenvalue weighted by atomic mass is 9.96. The zero-order valence-corrected chi connectivity index (χ0v) is 18.5. The van der Waals surface area contributed by atoms with E-state index in [4.69, 9.17) is 5.73 Å². The van der Waals surface area contributed by atoms with Crippen LogP contribution in [-0.2, 0) is 6.42 Å². The molecule has 2 aromatic heterocycles. The molecule has 5 rings (SSSR count). The van der Waals surface area contributed by atoms with E-state index in [1.807, 2.05) is 60.8 Å². The first-order chi connectivity index (χ1) is 16.6. The number of ketones is 1. The van der Waals surface area contributed by atoms with Crippen molar-refractivity contribution in [2.75, 3.05) is 12.3 Å². The van der Waals surface area contributed by atoms with Crippen LogP contribution in [0.1, 0.15) is 32.0 Å². The Morgan fingerprint density at radius 3 is 2.29 bits per heavy atom. The molecule has 0 radical (unpaired) electrons. The number of nitrogen functional groups attached to an aromatic ring is 1. The van der Waals surface area contributed by atoms with E-state index in [1.54, 1.807) is 24.3 Å². The van der Waals surface area contributed by atoms with Gasteiger partial charge in [-0.2, -0.15) is 0 Å². The number of aromatic amines is 2. The first-order valence-corrected chi connectivity index (χ1v) is 11.1. The normalized spacial score (nSPS) is 10.9. The number of amides is 1. The van der Waals surface area contributed by atoms with E-state index >= 15 is 0 Å². The van der Waals surface area contributed by atoms with Crippen molar-refractivity contribution in [2.24, 2.45) is 0 Å². The second-order valence-electron chi connectivity index (χ2n) is 8.09. The fourth-order valence-corrected chi connectivity index (χ4v) is 4.29. The van der Waals surface area contributed by atoms with Gasteiger partial charge in [0.25, 0.3) is 5.91 Å². The Morgan fingerprint density at radius 1 is 0.853 bits per heavy atom. The predicted molar refractivity (Wildman–Crippen MR) is 135 cm³/mol. The van der Waals surface area contributed by atoms with Crippen molar-refractivity contribution >= 4 is 28.4 Å². The van der Waals surface area contributed by atoms with Gasteiger partial charge in [0.05, 0.1) is 11.3 Å². The zero-order chi connectivity index (χ0) is 23.5. The Balaban J connectivity index is 1.45. The Labute approximate surface area is 196 Å². The van der Waals surface area contributed by atoms with Gasteiger partial charge in [0.15, 0.2) is 0 Å². The molecule has 1 amide bonds. The summed E-state index contributed by atoms with van der Waals surface area (Å²) in [5.74, 6) is -0.369. The maximum Gasteiger partial charge on any atom is 0.255 e. The quantitative estimate of drug-likeness (QED) is 0.265. The minimum absolute atomic E-state index is 0.169. The van der Waals surface area contributed by atoms with Gasteiger partial charge >= 0.3 is 0 Å². The highest BCUT2D eigenvalue weighted by Gasteiger charge is 2.27. The summed E-state index contributed by atoms with van der Waals surface area (Å²) < 4.78 is 0. The number of nitrogens with two attached hydrogens (primary N) is 1. The summed E-state index contributed by atoms with van der Waals surface area (Å²) in [7, 11) is 0. The molecule has 5 N–H and O–H groups in total. The van der Waals surface area contributed by atoms with Gasteiger partial charge < -0.3 is 21.0 Å². The fraction of sp³-hybridized carbons (Fsp3) is 0.0714. The minimum atomic E-state index is -0.320. The molecule has 6 heteroatoms. The standard InChI is InChI=1S/C28H24N4O2/c29-27-24(28(34)30-16-15-20-17-31-22-14-8-7-13-21(20)22)23(18-9-3-1-4-10-18)25(32-27)26(33)19-11-5-2-6-12-19/h1-14,17,31-32H,15-16,29H2,(H,30,34). The number of aromatic nitrogens is 2. The van der Waals surface area contributed by atoms with Crippen LogP contribution in [0.15, 0.2) is 91.1 Å². The number of anilines is 1. The van der Waals surface area contributed by atoms with Gasteiger partial charge in [0.2, 0.25) is 5.78 Å². The number of para-hydroxylation sites is 1. The van der Waals surface area contributed by atoms with Crippen molar-refractivity contribution in [1.82, 2.24) is 15.3 Å². The van der Waals surface area contributed by atoms with Gasteiger partial charge in [-0.25, -0.2) is 0 Å². The van der Waals surface area contributed by atoms with Crippen molar-refractivity contribution in [2.45, 2.75) is 6.42 Å². The van der Waals surface area contributed by atoms with Crippen molar-refractivity contribution < 1.29 is 9.59 Å². The molecule has 0 saturated heterocycles. The van der Waals surface area contributed by atoms with Crippen LogP contribution in [0.5, 0.6) is 0 Å². The van der Waals surface area contributed by atoms with E-state index in [0.29, 0.717) is 29.8 Å². The van der Waals surface area contributed by atoms with Gasteiger partial charge in [-0.15, -0.1) is 0 Å². The molecule has 0 saturated carbocycles. The van der Waals surface area contributed by atoms with Crippen LogP contribution in [0.3, 0.4) is 0 Å². The van der Waals surface area contributed by atoms with E-state index in [0.717, 1.165) is 22.0 Å². The number of hydrogen-bond acceptors (Lipinski definition) is 3. The number of benzene rings is 3. The van der Waals surface area contributed by atoms with Crippen LogP contribution in [0.25, 0.3) is 22.0 Å². The summed E-state index contributed by atoms with van der Waals surface area (Å²) in [6.07, 6.45) is 2.63. The second-order valence-corrected chi connectivity index (χ2v) is 8.09. The van der Waals surface area contributed by atoms with Crippen LogP contribution in [-0.4, -0.2) is 28.2 Å². The van der Waals surface area contributed by atoms with Gasteiger partial charge in [-0.05, 0) is 23.6 Å². The van der Waals surface area contributed by atoms with Crippen LogP contribution in [0.2, 0.25) is 0 Å². The Morgan fingerprint density at radius 2 is 1.53 bits per heavy atom. The summed E-state index contributed by atoms with van der Waals surface area (Å²) in [6, 6.07) is 26.4. The van der Waals surface area contributed by atoms with Gasteiger partial charge in [0.1, 0.15) is 5.82 Å². The second kappa shape index (κ2) is 9.11. The van der Waals surface area contributed by atoms with E-state index < -0.39 is 0 Å². The molecule has 168 valence electrons. The third kappa shape index (κ3) is 3.97. The number of H-pyrrole nitrogens is 2. The largest absolute Gasteiger partial charge is 0.385 e. The summed E-state index contributed by atoms with van der Waals surface area (Å²) in [4.78, 5) is 32.8. The Bertz CT molecular complexity index is 1470. The molecule has 0 unspecified atom stereocenters. The average molecular weight is 449 g/mol. The molecule has 0 bridgehead atoms. The molecule has 3 aromatic carbocycles. The number of rotatable bonds is 7. The maximum atomic E-state index is 13.3. The molecule has 34 heavy (non-hydrogen) atoms. The summed E-state index contributed by atoms with van der Waals surface area (Å²) in [5.41, 5.74) is 10.8. The van der Waals surface area contributed by atoms with Crippen LogP contribution in [0.4, 0.5) is 5.82 Å². The van der Waals surface area contributed by atoms with Crippen molar-refractivity contribution in [3.8, 4) is 11.1 Å².